The Bertz CT molecular complexity index is 517. The molecule has 0 saturated carbocycles. The molecule has 16 heavy (non-hydrogen) atoms. The molecule has 1 aliphatic rings. The predicted octanol–water partition coefficient (Wildman–Crippen LogP) is 1.15. The van der Waals surface area contributed by atoms with Gasteiger partial charge in [0.2, 0.25) is 0 Å². The molecule has 0 amide bonds. The van der Waals surface area contributed by atoms with Crippen molar-refractivity contribution < 1.29 is 0 Å². The Kier molecular flexibility index (Phi) is 2.04. The van der Waals surface area contributed by atoms with Crippen LogP contribution in [0.1, 0.15) is 28.8 Å². The summed E-state index contributed by atoms with van der Waals surface area (Å²) in [5.74, 6) is 0.411. The Morgan fingerprint density at radius 3 is 2.94 bits per heavy atom. The van der Waals surface area contributed by atoms with Gasteiger partial charge in [0.1, 0.15) is 0 Å². The maximum atomic E-state index is 6.26. The van der Waals surface area contributed by atoms with Crippen LogP contribution in [-0.4, -0.2) is 15.0 Å². The van der Waals surface area contributed by atoms with Gasteiger partial charge < -0.3 is 5.73 Å². The lowest BCUT2D eigenvalue weighted by atomic mass is 9.73. The second-order valence-electron chi connectivity index (χ2n) is 4.32. The van der Waals surface area contributed by atoms with Gasteiger partial charge in [-0.05, 0) is 17.5 Å². The third-order valence-electron chi connectivity index (χ3n) is 3.42. The highest BCUT2D eigenvalue weighted by Crippen LogP contribution is 2.41. The van der Waals surface area contributed by atoms with E-state index in [1.165, 1.54) is 11.1 Å². The molecule has 2 atom stereocenters. The van der Waals surface area contributed by atoms with Crippen LogP contribution < -0.4 is 5.73 Å². The highest BCUT2D eigenvalue weighted by atomic mass is 15.4. The summed E-state index contributed by atoms with van der Waals surface area (Å²) in [5, 5.41) is 7.79. The lowest BCUT2D eigenvalue weighted by molar-refractivity contribution is 0.471. The molecule has 0 fully saturated rings. The second-order valence-corrected chi connectivity index (χ2v) is 4.32. The summed E-state index contributed by atoms with van der Waals surface area (Å²) < 4.78 is 1.76. The minimum absolute atomic E-state index is 0.00472. The van der Waals surface area contributed by atoms with E-state index in [0.717, 1.165) is 12.1 Å². The van der Waals surface area contributed by atoms with Crippen molar-refractivity contribution in [3.05, 3.63) is 47.3 Å². The maximum absolute atomic E-state index is 6.26. The fraction of sp³-hybridized carbons (Fsp3) is 0.333. The molecule has 1 aromatic heterocycles. The molecular weight excluding hydrogens is 200 g/mol. The van der Waals surface area contributed by atoms with Crippen molar-refractivity contribution in [3.8, 4) is 0 Å². The first kappa shape index (κ1) is 9.54. The molecule has 1 aromatic carbocycles. The first-order valence-corrected chi connectivity index (χ1v) is 5.45. The lowest BCUT2D eigenvalue weighted by Crippen LogP contribution is -2.30. The van der Waals surface area contributed by atoms with Crippen molar-refractivity contribution in [2.75, 3.05) is 0 Å². The van der Waals surface area contributed by atoms with Gasteiger partial charge >= 0.3 is 0 Å². The van der Waals surface area contributed by atoms with E-state index >= 15 is 0 Å². The summed E-state index contributed by atoms with van der Waals surface area (Å²) in [6, 6.07) is 8.47. The van der Waals surface area contributed by atoms with E-state index in [2.05, 4.69) is 34.6 Å². The van der Waals surface area contributed by atoms with Crippen LogP contribution in [0.15, 0.2) is 30.5 Å². The fourth-order valence-corrected chi connectivity index (χ4v) is 2.42. The average molecular weight is 214 g/mol. The van der Waals surface area contributed by atoms with Gasteiger partial charge in [0.05, 0.1) is 17.9 Å². The molecule has 1 aliphatic carbocycles. The number of rotatable bonds is 2. The van der Waals surface area contributed by atoms with Gasteiger partial charge in [0.15, 0.2) is 0 Å². The van der Waals surface area contributed by atoms with Gasteiger partial charge in [0, 0.05) is 13.0 Å². The number of aromatic nitrogens is 3. The molecule has 0 bridgehead atoms. The van der Waals surface area contributed by atoms with Crippen molar-refractivity contribution in [2.45, 2.75) is 18.4 Å². The van der Waals surface area contributed by atoms with Gasteiger partial charge in [-0.25, -0.2) is 0 Å². The molecule has 2 aromatic rings. The molecule has 3 rings (SSSR count). The molecule has 4 nitrogen and oxygen atoms in total. The molecule has 82 valence electrons. The minimum Gasteiger partial charge on any atom is -0.322 e. The van der Waals surface area contributed by atoms with Crippen molar-refractivity contribution in [1.82, 2.24) is 15.0 Å². The molecular formula is C12H14N4. The van der Waals surface area contributed by atoms with E-state index < -0.39 is 0 Å². The van der Waals surface area contributed by atoms with E-state index in [4.69, 9.17) is 5.73 Å². The van der Waals surface area contributed by atoms with Gasteiger partial charge in [-0.1, -0.05) is 29.5 Å². The number of nitrogens with two attached hydrogens (primary N) is 1. The number of nitrogens with zero attached hydrogens (tertiary/aromatic N) is 3. The quantitative estimate of drug-likeness (QED) is 0.816. The van der Waals surface area contributed by atoms with Crippen molar-refractivity contribution in [3.63, 3.8) is 0 Å². The average Bonchev–Trinajstić information content (AvgIpc) is 2.66. The molecule has 0 aliphatic heterocycles. The second kappa shape index (κ2) is 3.42. The van der Waals surface area contributed by atoms with Crippen molar-refractivity contribution in [1.29, 1.82) is 0 Å². The zero-order valence-electron chi connectivity index (χ0n) is 9.17. The topological polar surface area (TPSA) is 56.7 Å². The monoisotopic (exact) mass is 214 g/mol. The number of hydrogen-bond acceptors (Lipinski definition) is 3. The first-order valence-electron chi connectivity index (χ1n) is 5.45. The van der Waals surface area contributed by atoms with E-state index in [-0.39, 0.29) is 6.04 Å². The van der Waals surface area contributed by atoms with Crippen LogP contribution in [-0.2, 0) is 13.5 Å². The molecule has 4 heteroatoms. The zero-order chi connectivity index (χ0) is 11.1. The van der Waals surface area contributed by atoms with Crippen LogP contribution in [0.25, 0.3) is 0 Å². The SMILES string of the molecule is Cn1nncc1C(N)C1Cc2ccccc21. The van der Waals surface area contributed by atoms with Crippen LogP contribution >= 0.6 is 0 Å². The minimum atomic E-state index is -0.00472. The Labute approximate surface area is 94.1 Å². The van der Waals surface area contributed by atoms with Crippen molar-refractivity contribution >= 4 is 0 Å². The molecule has 0 spiro atoms. The summed E-state index contributed by atoms with van der Waals surface area (Å²) in [6.07, 6.45) is 2.81. The summed E-state index contributed by atoms with van der Waals surface area (Å²) in [7, 11) is 1.88. The standard InChI is InChI=1S/C12H14N4/c1-16-11(7-14-15-16)12(13)10-6-8-4-2-3-5-9(8)10/h2-5,7,10,12H,6,13H2,1H3. The molecule has 2 N–H and O–H groups in total. The number of hydrogen-bond donors (Lipinski definition) is 1. The summed E-state index contributed by atoms with van der Waals surface area (Å²) in [6.45, 7) is 0. The largest absolute Gasteiger partial charge is 0.322 e. The molecule has 2 unspecified atom stereocenters. The number of fused-ring (bicyclic) bond motifs is 1. The highest BCUT2D eigenvalue weighted by Gasteiger charge is 2.32. The first-order chi connectivity index (χ1) is 7.77. The van der Waals surface area contributed by atoms with Gasteiger partial charge in [-0.15, -0.1) is 5.10 Å². The number of benzene rings is 1. The van der Waals surface area contributed by atoms with Gasteiger partial charge in [-0.2, -0.15) is 0 Å². The van der Waals surface area contributed by atoms with E-state index in [1.807, 2.05) is 7.05 Å². The van der Waals surface area contributed by atoms with Crippen LogP contribution in [0.4, 0.5) is 0 Å². The van der Waals surface area contributed by atoms with Crippen LogP contribution in [0.3, 0.4) is 0 Å². The lowest BCUT2D eigenvalue weighted by Gasteiger charge is -2.34. The maximum Gasteiger partial charge on any atom is 0.0757 e. The Morgan fingerprint density at radius 2 is 2.25 bits per heavy atom. The highest BCUT2D eigenvalue weighted by molar-refractivity contribution is 5.42. The molecule has 0 radical (unpaired) electrons. The Hall–Kier alpha value is -1.68. The summed E-state index contributed by atoms with van der Waals surface area (Å²) >= 11 is 0. The van der Waals surface area contributed by atoms with Crippen LogP contribution in [0.5, 0.6) is 0 Å². The molecule has 0 saturated heterocycles. The number of aryl methyl sites for hydroxylation is 1. The van der Waals surface area contributed by atoms with Gasteiger partial charge in [0.25, 0.3) is 0 Å². The smallest absolute Gasteiger partial charge is 0.0757 e. The van der Waals surface area contributed by atoms with Crippen LogP contribution in [0.2, 0.25) is 0 Å². The van der Waals surface area contributed by atoms with Gasteiger partial charge in [-0.3, -0.25) is 4.68 Å². The third kappa shape index (κ3) is 1.27. The van der Waals surface area contributed by atoms with E-state index in [0.29, 0.717) is 5.92 Å². The Balaban J connectivity index is 1.90. The third-order valence-corrected chi connectivity index (χ3v) is 3.42. The van der Waals surface area contributed by atoms with E-state index in [9.17, 15) is 0 Å². The fourth-order valence-electron chi connectivity index (χ4n) is 2.42. The van der Waals surface area contributed by atoms with Crippen LogP contribution in [0, 0.1) is 0 Å². The Morgan fingerprint density at radius 1 is 1.44 bits per heavy atom. The van der Waals surface area contributed by atoms with E-state index in [1.54, 1.807) is 10.9 Å². The summed E-state index contributed by atoms with van der Waals surface area (Å²) in [5.41, 5.74) is 10.0. The normalized spacial score (nSPS) is 20.0. The summed E-state index contributed by atoms with van der Waals surface area (Å²) in [4.78, 5) is 0. The zero-order valence-corrected chi connectivity index (χ0v) is 9.17. The predicted molar refractivity (Wildman–Crippen MR) is 60.8 cm³/mol. The molecule has 1 heterocycles. The van der Waals surface area contributed by atoms with Crippen molar-refractivity contribution in [2.24, 2.45) is 12.8 Å².